The van der Waals surface area contributed by atoms with Crippen LogP contribution in [0.25, 0.3) is 0 Å². The minimum absolute atomic E-state index is 0.0683. The Kier molecular flexibility index (Phi) is 8.38. The molecule has 1 N–H and O–H groups in total. The third kappa shape index (κ3) is 6.38. The Morgan fingerprint density at radius 2 is 1.66 bits per heavy atom. The van der Waals surface area contributed by atoms with E-state index < -0.39 is 5.41 Å². The highest BCUT2D eigenvalue weighted by atomic mass is 35.5. The van der Waals surface area contributed by atoms with Crippen LogP contribution in [0.5, 0.6) is 0 Å². The van der Waals surface area contributed by atoms with Crippen molar-refractivity contribution >= 4 is 34.8 Å². The Morgan fingerprint density at radius 1 is 0.971 bits per heavy atom. The van der Waals surface area contributed by atoms with E-state index in [1.54, 1.807) is 0 Å². The van der Waals surface area contributed by atoms with Gasteiger partial charge in [0.1, 0.15) is 0 Å². The molecule has 2 aliphatic heterocycles. The molecule has 2 aliphatic rings. The molecule has 2 saturated heterocycles. The number of carbonyl (C=O) groups is 2. The molecule has 2 aromatic rings. The number of hydrogen-bond donors (Lipinski definition) is 1. The summed E-state index contributed by atoms with van der Waals surface area (Å²) >= 11 is 6.00. The number of hydrogen-bond acceptors (Lipinski definition) is 3. The smallest absolute Gasteiger partial charge is 0.256 e. The number of carbonyl (C=O) groups excluding carboxylic acids is 2. The number of likely N-dealkylation sites (tertiary alicyclic amines) is 1. The molecule has 0 bridgehead atoms. The molecule has 0 radical (unpaired) electrons. The van der Waals surface area contributed by atoms with Crippen molar-refractivity contribution in [2.24, 2.45) is 11.3 Å². The number of halogens is 1. The molecule has 0 aromatic heterocycles. The topological polar surface area (TPSA) is 52.7 Å². The van der Waals surface area contributed by atoms with E-state index in [0.29, 0.717) is 17.2 Å². The molecule has 2 heterocycles. The highest BCUT2D eigenvalue weighted by molar-refractivity contribution is 6.20. The van der Waals surface area contributed by atoms with Crippen LogP contribution in [-0.2, 0) is 11.2 Å². The molecule has 0 unspecified atom stereocenters. The lowest BCUT2D eigenvalue weighted by atomic mass is 9.89. The number of piperidine rings is 2. The number of alkyl halides is 1. The average molecular weight is 496 g/mol. The Morgan fingerprint density at radius 3 is 2.31 bits per heavy atom. The van der Waals surface area contributed by atoms with Gasteiger partial charge in [0, 0.05) is 43.4 Å². The van der Waals surface area contributed by atoms with E-state index in [2.05, 4.69) is 40.5 Å². The lowest BCUT2D eigenvalue weighted by Gasteiger charge is -2.36. The van der Waals surface area contributed by atoms with Gasteiger partial charge in [-0.2, -0.15) is 0 Å². The van der Waals surface area contributed by atoms with Crippen LogP contribution < -0.4 is 10.2 Å². The molecular formula is C29H38ClN3O2. The summed E-state index contributed by atoms with van der Waals surface area (Å²) in [6, 6.07) is 16.5. The van der Waals surface area contributed by atoms with Gasteiger partial charge < -0.3 is 15.1 Å². The van der Waals surface area contributed by atoms with Gasteiger partial charge >= 0.3 is 0 Å². The zero-order valence-electron chi connectivity index (χ0n) is 21.1. The molecule has 0 atom stereocenters. The van der Waals surface area contributed by atoms with Gasteiger partial charge in [-0.25, -0.2) is 0 Å². The van der Waals surface area contributed by atoms with E-state index in [1.807, 2.05) is 36.9 Å². The first-order chi connectivity index (χ1) is 16.9. The first kappa shape index (κ1) is 25.6. The van der Waals surface area contributed by atoms with Crippen molar-refractivity contribution in [2.45, 2.75) is 52.4 Å². The predicted molar refractivity (Wildman–Crippen MR) is 144 cm³/mol. The molecule has 0 saturated carbocycles. The largest absolute Gasteiger partial charge is 0.371 e. The average Bonchev–Trinajstić information content (AvgIpc) is 2.90. The maximum atomic E-state index is 13.6. The van der Waals surface area contributed by atoms with E-state index in [9.17, 15) is 9.59 Å². The first-order valence-corrected chi connectivity index (χ1v) is 13.5. The molecule has 188 valence electrons. The molecule has 2 fully saturated rings. The second-order valence-electron chi connectivity index (χ2n) is 10.7. The number of nitrogens with zero attached hydrogens (tertiary/aromatic N) is 2. The van der Waals surface area contributed by atoms with E-state index in [0.717, 1.165) is 64.0 Å². The predicted octanol–water partition coefficient (Wildman–Crippen LogP) is 5.98. The van der Waals surface area contributed by atoms with E-state index in [4.69, 9.17) is 11.6 Å². The summed E-state index contributed by atoms with van der Waals surface area (Å²) in [7, 11) is 0. The second-order valence-corrected chi connectivity index (χ2v) is 10.9. The SMILES string of the molecule is CC(C)(CCl)C(=O)Nc1ccc(N2CCC(Cc3ccccc3)CC2)c(C(=O)N2CCCCC2)c1. The van der Waals surface area contributed by atoms with Crippen LogP contribution in [0.4, 0.5) is 11.4 Å². The maximum absolute atomic E-state index is 13.6. The highest BCUT2D eigenvalue weighted by Crippen LogP contribution is 2.32. The third-order valence-electron chi connectivity index (χ3n) is 7.40. The van der Waals surface area contributed by atoms with E-state index in [-0.39, 0.29) is 17.7 Å². The van der Waals surface area contributed by atoms with E-state index >= 15 is 0 Å². The van der Waals surface area contributed by atoms with Gasteiger partial charge in [0.05, 0.1) is 11.0 Å². The molecule has 2 aromatic carbocycles. The third-order valence-corrected chi connectivity index (χ3v) is 8.07. The van der Waals surface area contributed by atoms with Gasteiger partial charge in [-0.15, -0.1) is 11.6 Å². The maximum Gasteiger partial charge on any atom is 0.256 e. The summed E-state index contributed by atoms with van der Waals surface area (Å²) < 4.78 is 0. The fourth-order valence-corrected chi connectivity index (χ4v) is 5.14. The zero-order valence-corrected chi connectivity index (χ0v) is 21.8. The summed E-state index contributed by atoms with van der Waals surface area (Å²) in [4.78, 5) is 30.7. The molecular weight excluding hydrogens is 458 g/mol. The Balaban J connectivity index is 1.52. The number of benzene rings is 2. The summed E-state index contributed by atoms with van der Waals surface area (Å²) in [6.45, 7) is 7.11. The molecule has 0 aliphatic carbocycles. The highest BCUT2D eigenvalue weighted by Gasteiger charge is 2.29. The van der Waals surface area contributed by atoms with Crippen molar-refractivity contribution in [3.05, 3.63) is 59.7 Å². The van der Waals surface area contributed by atoms with Crippen LogP contribution in [0.3, 0.4) is 0 Å². The van der Waals surface area contributed by atoms with Crippen molar-refractivity contribution in [2.75, 3.05) is 42.3 Å². The van der Waals surface area contributed by atoms with Crippen LogP contribution in [0.2, 0.25) is 0 Å². The minimum atomic E-state index is -0.683. The first-order valence-electron chi connectivity index (χ1n) is 13.0. The molecule has 35 heavy (non-hydrogen) atoms. The van der Waals surface area contributed by atoms with Crippen LogP contribution >= 0.6 is 11.6 Å². The summed E-state index contributed by atoms with van der Waals surface area (Å²) in [5, 5.41) is 2.98. The molecule has 4 rings (SSSR count). The van der Waals surface area contributed by atoms with Gasteiger partial charge in [0.15, 0.2) is 0 Å². The molecule has 6 heteroatoms. The minimum Gasteiger partial charge on any atom is -0.371 e. The van der Waals surface area contributed by atoms with Crippen molar-refractivity contribution in [3.8, 4) is 0 Å². The Labute approximate surface area is 214 Å². The summed E-state index contributed by atoms with van der Waals surface area (Å²) in [5.74, 6) is 0.817. The normalized spacial score (nSPS) is 17.3. The molecule has 5 nitrogen and oxygen atoms in total. The fraction of sp³-hybridized carbons (Fsp3) is 0.517. The van der Waals surface area contributed by atoms with Gasteiger partial charge in [-0.3, -0.25) is 9.59 Å². The van der Waals surface area contributed by atoms with Crippen LogP contribution in [-0.4, -0.2) is 48.8 Å². The lowest BCUT2D eigenvalue weighted by Crippen LogP contribution is -2.39. The zero-order chi connectivity index (χ0) is 24.8. The second kappa shape index (κ2) is 11.5. The van der Waals surface area contributed by atoms with Gasteiger partial charge in [-0.1, -0.05) is 30.3 Å². The number of rotatable bonds is 7. The van der Waals surface area contributed by atoms with Gasteiger partial charge in [0.25, 0.3) is 5.91 Å². The van der Waals surface area contributed by atoms with Crippen molar-refractivity contribution in [1.82, 2.24) is 4.90 Å². The standard InChI is InChI=1S/C29H38ClN3O2/c1-29(2,21-30)28(35)31-24-11-12-26(25(20-24)27(34)33-15-7-4-8-16-33)32-17-13-23(14-18-32)19-22-9-5-3-6-10-22/h3,5-6,9-12,20,23H,4,7-8,13-19,21H2,1-2H3,(H,31,35). The van der Waals surface area contributed by atoms with Crippen LogP contribution in [0, 0.1) is 11.3 Å². The quantitative estimate of drug-likeness (QED) is 0.481. The molecule has 2 amide bonds. The molecule has 0 spiro atoms. The number of anilines is 2. The summed E-state index contributed by atoms with van der Waals surface area (Å²) in [5.41, 5.74) is 3.03. The van der Waals surface area contributed by atoms with Crippen molar-refractivity contribution < 1.29 is 9.59 Å². The summed E-state index contributed by atoms with van der Waals surface area (Å²) in [6.07, 6.45) is 6.59. The van der Waals surface area contributed by atoms with E-state index in [1.165, 1.54) is 12.0 Å². The Bertz CT molecular complexity index is 1010. The fourth-order valence-electron chi connectivity index (χ4n) is 5.01. The van der Waals surface area contributed by atoms with Crippen molar-refractivity contribution in [1.29, 1.82) is 0 Å². The number of nitrogens with one attached hydrogen (secondary N) is 1. The lowest BCUT2D eigenvalue weighted by molar-refractivity contribution is -0.122. The number of amides is 2. The van der Waals surface area contributed by atoms with Gasteiger partial charge in [-0.05, 0) is 82.1 Å². The Hall–Kier alpha value is -2.53. The van der Waals surface area contributed by atoms with Crippen LogP contribution in [0.15, 0.2) is 48.5 Å². The van der Waals surface area contributed by atoms with Crippen LogP contribution in [0.1, 0.15) is 61.9 Å². The van der Waals surface area contributed by atoms with Crippen molar-refractivity contribution in [3.63, 3.8) is 0 Å². The monoisotopic (exact) mass is 495 g/mol. The van der Waals surface area contributed by atoms with Gasteiger partial charge in [0.2, 0.25) is 5.91 Å².